The standard InChI is InChI=1S/C35H50O2S2/c38-35-32-24-26-33(27-25-32)37-29-21-16-14-12-10-8-6-4-2-1-3-5-7-9-11-13-15-20-28-36-30-34(39-35)31-22-18-17-19-23-31/h1-2,17-19,22-27,34H,3-16,20-21,28-30H2/b2-1-. The largest absolute Gasteiger partial charge is 0.494 e. The van der Waals surface area contributed by atoms with Crippen molar-refractivity contribution < 1.29 is 9.47 Å². The van der Waals surface area contributed by atoms with Crippen molar-refractivity contribution in [2.75, 3.05) is 19.8 Å². The number of fused-ring (bicyclic) bond motifs is 26. The van der Waals surface area contributed by atoms with E-state index in [0.717, 1.165) is 41.6 Å². The highest BCUT2D eigenvalue weighted by Gasteiger charge is 2.16. The summed E-state index contributed by atoms with van der Waals surface area (Å²) in [6, 6.07) is 19.0. The summed E-state index contributed by atoms with van der Waals surface area (Å²) in [6.07, 6.45) is 25.6. The molecule has 2 aromatic rings. The Morgan fingerprint density at radius 3 is 1.74 bits per heavy atom. The van der Waals surface area contributed by atoms with E-state index in [-0.39, 0.29) is 5.25 Å². The molecule has 2 aromatic carbocycles. The molecular formula is C35H50O2S2. The molecule has 0 saturated carbocycles. The highest BCUT2D eigenvalue weighted by Crippen LogP contribution is 2.33. The normalized spacial score (nSPS) is 21.9. The van der Waals surface area contributed by atoms with Crippen LogP contribution in [0, 0.1) is 0 Å². The van der Waals surface area contributed by atoms with E-state index in [2.05, 4.69) is 66.7 Å². The molecule has 0 aliphatic carbocycles. The monoisotopic (exact) mass is 566 g/mol. The molecule has 0 spiro atoms. The fourth-order valence-electron chi connectivity index (χ4n) is 4.96. The second-order valence-electron chi connectivity index (χ2n) is 10.8. The molecule has 0 saturated heterocycles. The third kappa shape index (κ3) is 14.5. The van der Waals surface area contributed by atoms with Gasteiger partial charge in [0.2, 0.25) is 0 Å². The summed E-state index contributed by atoms with van der Waals surface area (Å²) in [5, 5.41) is 0.198. The molecule has 214 valence electrons. The average molecular weight is 567 g/mol. The Labute approximate surface area is 248 Å². The highest BCUT2D eigenvalue weighted by molar-refractivity contribution is 8.23. The van der Waals surface area contributed by atoms with Crippen LogP contribution in [-0.2, 0) is 4.74 Å². The van der Waals surface area contributed by atoms with E-state index in [0.29, 0.717) is 6.61 Å². The summed E-state index contributed by atoms with van der Waals surface area (Å²) in [7, 11) is 0. The molecule has 4 rings (SSSR count). The van der Waals surface area contributed by atoms with Crippen LogP contribution in [0.1, 0.15) is 119 Å². The number of hydrogen-bond acceptors (Lipinski definition) is 4. The molecule has 1 atom stereocenters. The van der Waals surface area contributed by atoms with Gasteiger partial charge >= 0.3 is 0 Å². The number of thioether (sulfide) groups is 1. The minimum absolute atomic E-state index is 0.198. The number of allylic oxidation sites excluding steroid dienone is 2. The first-order valence-electron chi connectivity index (χ1n) is 15.5. The predicted octanol–water partition coefficient (Wildman–Crippen LogP) is 11.0. The van der Waals surface area contributed by atoms with Crippen molar-refractivity contribution >= 4 is 28.2 Å². The number of thiocarbonyl (C=S) groups is 1. The van der Waals surface area contributed by atoms with E-state index in [4.69, 9.17) is 21.7 Å². The lowest BCUT2D eigenvalue weighted by Gasteiger charge is -2.18. The van der Waals surface area contributed by atoms with Crippen LogP contribution in [0.4, 0.5) is 0 Å². The Morgan fingerprint density at radius 1 is 0.590 bits per heavy atom. The number of hydrogen-bond donors (Lipinski definition) is 0. The summed E-state index contributed by atoms with van der Waals surface area (Å²) in [5.41, 5.74) is 2.35. The van der Waals surface area contributed by atoms with E-state index < -0.39 is 0 Å². The van der Waals surface area contributed by atoms with Crippen LogP contribution in [0.2, 0.25) is 0 Å². The Bertz CT molecular complexity index is 910. The molecule has 2 bridgehead atoms. The van der Waals surface area contributed by atoms with Gasteiger partial charge in [-0.15, -0.1) is 11.8 Å². The molecular weight excluding hydrogens is 517 g/mol. The van der Waals surface area contributed by atoms with E-state index >= 15 is 0 Å². The Balaban J connectivity index is 1.49. The molecule has 0 radical (unpaired) electrons. The van der Waals surface area contributed by atoms with Crippen LogP contribution in [0.5, 0.6) is 5.75 Å². The van der Waals surface area contributed by atoms with Gasteiger partial charge in [0.1, 0.15) is 5.75 Å². The second-order valence-corrected chi connectivity index (χ2v) is 12.6. The number of rotatable bonds is 1. The summed E-state index contributed by atoms with van der Waals surface area (Å²) in [6.45, 7) is 2.30. The van der Waals surface area contributed by atoms with Gasteiger partial charge < -0.3 is 9.47 Å². The van der Waals surface area contributed by atoms with E-state index in [1.807, 2.05) is 0 Å². The maximum atomic E-state index is 6.17. The minimum atomic E-state index is 0.198. The Kier molecular flexibility index (Phi) is 17.3. The molecule has 2 aliphatic rings. The van der Waals surface area contributed by atoms with Gasteiger partial charge in [-0.05, 0) is 73.9 Å². The van der Waals surface area contributed by atoms with E-state index in [9.17, 15) is 0 Å². The summed E-state index contributed by atoms with van der Waals surface area (Å²) >= 11 is 7.59. The van der Waals surface area contributed by atoms with Gasteiger partial charge in [0.25, 0.3) is 0 Å². The van der Waals surface area contributed by atoms with Gasteiger partial charge in [0.15, 0.2) is 0 Å². The van der Waals surface area contributed by atoms with Gasteiger partial charge in [0, 0.05) is 6.61 Å². The first kappa shape index (κ1) is 31.9. The van der Waals surface area contributed by atoms with Crippen molar-refractivity contribution in [3.63, 3.8) is 0 Å². The topological polar surface area (TPSA) is 18.5 Å². The molecule has 0 aromatic heterocycles. The Hall–Kier alpha value is -1.62. The number of benzene rings is 2. The van der Waals surface area contributed by atoms with Crippen molar-refractivity contribution in [2.24, 2.45) is 0 Å². The smallest absolute Gasteiger partial charge is 0.119 e. The van der Waals surface area contributed by atoms with Crippen LogP contribution >= 0.6 is 24.0 Å². The van der Waals surface area contributed by atoms with Crippen molar-refractivity contribution in [2.45, 2.75) is 108 Å². The molecule has 0 fully saturated rings. The third-order valence-electron chi connectivity index (χ3n) is 7.39. The zero-order valence-corrected chi connectivity index (χ0v) is 25.6. The fraction of sp³-hybridized carbons (Fsp3) is 0.571. The van der Waals surface area contributed by atoms with Crippen molar-refractivity contribution in [3.8, 4) is 5.75 Å². The van der Waals surface area contributed by atoms with Crippen LogP contribution in [0.15, 0.2) is 66.7 Å². The third-order valence-corrected chi connectivity index (χ3v) is 9.06. The molecule has 0 amide bonds. The predicted molar refractivity (Wildman–Crippen MR) is 174 cm³/mol. The lowest BCUT2D eigenvalue weighted by molar-refractivity contribution is 0.131. The molecule has 4 heteroatoms. The first-order chi connectivity index (χ1) is 19.3. The molecule has 39 heavy (non-hydrogen) atoms. The second kappa shape index (κ2) is 21.2. The maximum Gasteiger partial charge on any atom is 0.119 e. The van der Waals surface area contributed by atoms with Crippen LogP contribution in [0.25, 0.3) is 0 Å². The average Bonchev–Trinajstić information content (AvgIpc) is 2.97. The van der Waals surface area contributed by atoms with Crippen molar-refractivity contribution in [3.05, 3.63) is 77.9 Å². The lowest BCUT2D eigenvalue weighted by atomic mass is 10.1. The summed E-state index contributed by atoms with van der Waals surface area (Å²) < 4.78 is 13.1. The fourth-order valence-corrected chi connectivity index (χ4v) is 6.44. The van der Waals surface area contributed by atoms with Crippen LogP contribution < -0.4 is 4.74 Å². The SMILES string of the molecule is S=C1SC(c2ccccc2)COCCCCCCCCC/C=C\CCCCCCCCCOc2ccc1cc2. The van der Waals surface area contributed by atoms with Gasteiger partial charge in [-0.3, -0.25) is 0 Å². The van der Waals surface area contributed by atoms with Gasteiger partial charge in [-0.2, -0.15) is 0 Å². The zero-order valence-electron chi connectivity index (χ0n) is 24.0. The summed E-state index contributed by atoms with van der Waals surface area (Å²) in [4.78, 5) is 0. The maximum absolute atomic E-state index is 6.17. The van der Waals surface area contributed by atoms with E-state index in [1.54, 1.807) is 11.8 Å². The summed E-state index contributed by atoms with van der Waals surface area (Å²) in [5.74, 6) is 0.933. The van der Waals surface area contributed by atoms with Gasteiger partial charge in [0.05, 0.1) is 22.7 Å². The molecule has 1 unspecified atom stereocenters. The lowest BCUT2D eigenvalue weighted by Crippen LogP contribution is -2.08. The molecule has 2 nitrogen and oxygen atoms in total. The van der Waals surface area contributed by atoms with E-state index in [1.165, 1.54) is 95.5 Å². The van der Waals surface area contributed by atoms with Crippen LogP contribution in [-0.4, -0.2) is 24.0 Å². The first-order valence-corrected chi connectivity index (χ1v) is 16.8. The van der Waals surface area contributed by atoms with Crippen molar-refractivity contribution in [1.29, 1.82) is 0 Å². The van der Waals surface area contributed by atoms with Gasteiger partial charge in [-0.25, -0.2) is 0 Å². The Morgan fingerprint density at radius 2 is 1.13 bits per heavy atom. The highest BCUT2D eigenvalue weighted by atomic mass is 32.2. The zero-order chi connectivity index (χ0) is 27.2. The molecule has 2 heterocycles. The molecule has 0 N–H and O–H groups in total. The van der Waals surface area contributed by atoms with Crippen LogP contribution in [0.3, 0.4) is 0 Å². The quantitative estimate of drug-likeness (QED) is 0.252. The van der Waals surface area contributed by atoms with Crippen molar-refractivity contribution in [1.82, 2.24) is 0 Å². The minimum Gasteiger partial charge on any atom is -0.494 e. The van der Waals surface area contributed by atoms with Gasteiger partial charge in [-0.1, -0.05) is 119 Å². The number of ether oxygens (including phenoxy) is 2. The molecule has 2 aliphatic heterocycles.